The lowest BCUT2D eigenvalue weighted by Gasteiger charge is -2.39. The van der Waals surface area contributed by atoms with Crippen molar-refractivity contribution in [3.63, 3.8) is 0 Å². The number of hydrogen-bond donors (Lipinski definition) is 1. The summed E-state index contributed by atoms with van der Waals surface area (Å²) in [7, 11) is 0. The summed E-state index contributed by atoms with van der Waals surface area (Å²) in [6.07, 6.45) is -7.52. The fourth-order valence-electron chi connectivity index (χ4n) is 2.29. The maximum atomic E-state index is 13.4. The van der Waals surface area contributed by atoms with Crippen molar-refractivity contribution in [3.8, 4) is 5.75 Å². The molecule has 0 amide bonds. The number of ketones is 1. The molecule has 0 fully saturated rings. The lowest BCUT2D eigenvalue weighted by atomic mass is 9.90. The molecule has 0 aromatic heterocycles. The van der Waals surface area contributed by atoms with E-state index in [1.54, 1.807) is 13.0 Å². The molecule has 0 saturated heterocycles. The molecule has 1 atom stereocenters. The third-order valence-electron chi connectivity index (χ3n) is 3.25. The summed E-state index contributed by atoms with van der Waals surface area (Å²) >= 11 is 0. The highest BCUT2D eigenvalue weighted by molar-refractivity contribution is 6.01. The largest absolute Gasteiger partial charge is 0.460 e. The third-order valence-corrected chi connectivity index (χ3v) is 3.25. The van der Waals surface area contributed by atoms with Crippen LogP contribution < -0.4 is 4.74 Å². The highest BCUT2D eigenvalue weighted by Crippen LogP contribution is 2.49. The summed E-state index contributed by atoms with van der Waals surface area (Å²) in [6, 6.07) is 2.70. The van der Waals surface area contributed by atoms with Crippen LogP contribution in [0.5, 0.6) is 5.75 Å². The Kier molecular flexibility index (Phi) is 3.28. The molecule has 0 saturated carbocycles. The molecule has 1 aromatic rings. The van der Waals surface area contributed by atoms with E-state index in [1.807, 2.05) is 0 Å². The number of carbonyl (C=O) groups is 1. The maximum Gasteiger partial charge on any atom is 0.460 e. The second-order valence-electron chi connectivity index (χ2n) is 5.01. The number of carbonyl (C=O) groups excluding carboxylic acids is 1. The normalized spacial score (nSPS) is 22.8. The Labute approximate surface area is 116 Å². The van der Waals surface area contributed by atoms with E-state index >= 15 is 0 Å². The highest BCUT2D eigenvalue weighted by atomic mass is 19.4. The minimum absolute atomic E-state index is 0.0942. The van der Waals surface area contributed by atoms with Crippen molar-refractivity contribution in [1.29, 1.82) is 0 Å². The van der Waals surface area contributed by atoms with E-state index in [-0.39, 0.29) is 5.56 Å². The molecule has 0 spiro atoms. The number of ether oxygens (including phenoxy) is 1. The van der Waals surface area contributed by atoms with Crippen molar-refractivity contribution in [3.05, 3.63) is 28.8 Å². The molecular formula is C13H11F5O3. The first-order valence-corrected chi connectivity index (χ1v) is 5.89. The van der Waals surface area contributed by atoms with Crippen LogP contribution >= 0.6 is 0 Å². The SMILES string of the molecule is Cc1cc(C)c2c(c1)OC(O)(C(F)(F)C(F)(F)F)CC2=O. The predicted molar refractivity (Wildman–Crippen MR) is 61.4 cm³/mol. The number of Topliss-reactive ketones (excluding diaryl/α,β-unsaturated/α-hetero) is 1. The highest BCUT2D eigenvalue weighted by Gasteiger charge is 2.73. The van der Waals surface area contributed by atoms with Crippen LogP contribution in [0.2, 0.25) is 0 Å². The molecule has 8 heteroatoms. The Hall–Kier alpha value is -1.70. The number of halogens is 5. The van der Waals surface area contributed by atoms with Crippen molar-refractivity contribution in [2.45, 2.75) is 38.2 Å². The van der Waals surface area contributed by atoms with Gasteiger partial charge < -0.3 is 9.84 Å². The van der Waals surface area contributed by atoms with Crippen molar-refractivity contribution < 1.29 is 36.6 Å². The molecule has 0 aliphatic carbocycles. The molecule has 2 rings (SSSR count). The summed E-state index contributed by atoms with van der Waals surface area (Å²) in [6.45, 7) is 3.05. The van der Waals surface area contributed by atoms with E-state index in [2.05, 4.69) is 4.74 Å². The van der Waals surface area contributed by atoms with Gasteiger partial charge in [-0.05, 0) is 31.0 Å². The Morgan fingerprint density at radius 1 is 1.19 bits per heavy atom. The second kappa shape index (κ2) is 4.40. The molecule has 1 aromatic carbocycles. The molecule has 1 aliphatic heterocycles. The monoisotopic (exact) mass is 310 g/mol. The zero-order valence-electron chi connectivity index (χ0n) is 11.0. The van der Waals surface area contributed by atoms with Crippen molar-refractivity contribution in [2.75, 3.05) is 0 Å². The van der Waals surface area contributed by atoms with Gasteiger partial charge in [0.1, 0.15) is 5.75 Å². The van der Waals surface area contributed by atoms with E-state index in [9.17, 15) is 31.9 Å². The first kappa shape index (κ1) is 15.7. The molecule has 1 aliphatic rings. The van der Waals surface area contributed by atoms with Gasteiger partial charge in [0.05, 0.1) is 12.0 Å². The molecule has 21 heavy (non-hydrogen) atoms. The predicted octanol–water partition coefficient (Wildman–Crippen LogP) is 3.15. The summed E-state index contributed by atoms with van der Waals surface area (Å²) in [4.78, 5) is 11.9. The van der Waals surface area contributed by atoms with Gasteiger partial charge in [-0.25, -0.2) is 0 Å². The average molecular weight is 310 g/mol. The number of fused-ring (bicyclic) bond motifs is 1. The lowest BCUT2D eigenvalue weighted by Crippen LogP contribution is -2.62. The number of hydrogen-bond acceptors (Lipinski definition) is 3. The smallest absolute Gasteiger partial charge is 0.454 e. The summed E-state index contributed by atoms with van der Waals surface area (Å²) < 4.78 is 68.6. The van der Waals surface area contributed by atoms with Crippen LogP contribution in [0.15, 0.2) is 12.1 Å². The lowest BCUT2D eigenvalue weighted by molar-refractivity contribution is -0.384. The minimum atomic E-state index is -6.04. The van der Waals surface area contributed by atoms with Gasteiger partial charge in [0, 0.05) is 0 Å². The van der Waals surface area contributed by atoms with Crippen molar-refractivity contribution in [2.24, 2.45) is 0 Å². The summed E-state index contributed by atoms with van der Waals surface area (Å²) in [5.41, 5.74) is 0.786. The van der Waals surface area contributed by atoms with Crippen LogP contribution in [0.3, 0.4) is 0 Å². The fraction of sp³-hybridized carbons (Fsp3) is 0.462. The minimum Gasteiger partial charge on any atom is -0.454 e. The number of aliphatic hydroxyl groups is 1. The molecule has 0 radical (unpaired) electrons. The van der Waals surface area contributed by atoms with Gasteiger partial charge in [0.15, 0.2) is 5.78 Å². The third kappa shape index (κ3) is 2.27. The van der Waals surface area contributed by atoms with Crippen molar-refractivity contribution in [1.82, 2.24) is 0 Å². The Morgan fingerprint density at radius 2 is 1.76 bits per heavy atom. The van der Waals surface area contributed by atoms with Crippen LogP contribution in [0, 0.1) is 13.8 Å². The first-order chi connectivity index (χ1) is 9.39. The molecule has 116 valence electrons. The molecule has 3 nitrogen and oxygen atoms in total. The van der Waals surface area contributed by atoms with Crippen molar-refractivity contribution >= 4 is 5.78 Å². The zero-order valence-corrected chi connectivity index (χ0v) is 11.0. The van der Waals surface area contributed by atoms with Crippen LogP contribution in [0.1, 0.15) is 27.9 Å². The van der Waals surface area contributed by atoms with Crippen LogP contribution in [-0.4, -0.2) is 28.8 Å². The quantitative estimate of drug-likeness (QED) is 0.811. The average Bonchev–Trinajstić information content (AvgIpc) is 2.24. The maximum absolute atomic E-state index is 13.4. The molecule has 1 unspecified atom stereocenters. The number of rotatable bonds is 1. The van der Waals surface area contributed by atoms with Gasteiger partial charge in [0.2, 0.25) is 0 Å². The van der Waals surface area contributed by atoms with Gasteiger partial charge in [-0.1, -0.05) is 6.07 Å². The first-order valence-electron chi connectivity index (χ1n) is 5.89. The van der Waals surface area contributed by atoms with Gasteiger partial charge in [0.25, 0.3) is 5.79 Å². The Balaban J connectivity index is 2.56. The Morgan fingerprint density at radius 3 is 2.29 bits per heavy atom. The zero-order chi connectivity index (χ0) is 16.2. The standard InChI is InChI=1S/C13H11F5O3/c1-6-3-7(2)10-8(19)5-11(20,21-9(10)4-6)12(14,15)13(16,17)18/h3-4,20H,5H2,1-2H3. The van der Waals surface area contributed by atoms with Gasteiger partial charge in [-0.2, -0.15) is 22.0 Å². The topological polar surface area (TPSA) is 46.5 Å². The number of aryl methyl sites for hydroxylation is 2. The van der Waals surface area contributed by atoms with Crippen LogP contribution in [0.25, 0.3) is 0 Å². The van der Waals surface area contributed by atoms with E-state index in [4.69, 9.17) is 0 Å². The molecule has 0 bridgehead atoms. The van der Waals surface area contributed by atoms with Crippen LogP contribution in [0.4, 0.5) is 22.0 Å². The fourth-order valence-corrected chi connectivity index (χ4v) is 2.29. The number of benzene rings is 1. The second-order valence-corrected chi connectivity index (χ2v) is 5.01. The number of alkyl halides is 5. The summed E-state index contributed by atoms with van der Waals surface area (Å²) in [5.74, 6) is -11.0. The van der Waals surface area contributed by atoms with Gasteiger partial charge in [-0.15, -0.1) is 0 Å². The molecule has 1 N–H and O–H groups in total. The van der Waals surface area contributed by atoms with Crippen LogP contribution in [-0.2, 0) is 0 Å². The van der Waals surface area contributed by atoms with E-state index in [0.29, 0.717) is 11.1 Å². The van der Waals surface area contributed by atoms with E-state index in [0.717, 1.165) is 6.07 Å². The van der Waals surface area contributed by atoms with E-state index < -0.39 is 35.8 Å². The van der Waals surface area contributed by atoms with Gasteiger partial charge >= 0.3 is 12.1 Å². The van der Waals surface area contributed by atoms with Gasteiger partial charge in [-0.3, -0.25) is 4.79 Å². The molecular weight excluding hydrogens is 299 g/mol. The van der Waals surface area contributed by atoms with E-state index in [1.165, 1.54) is 6.92 Å². The Bertz CT molecular complexity index is 609. The molecule has 1 heterocycles. The summed E-state index contributed by atoms with van der Waals surface area (Å²) in [5, 5.41) is 9.62.